The van der Waals surface area contributed by atoms with Crippen LogP contribution in [0.25, 0.3) is 0 Å². The highest BCUT2D eigenvalue weighted by molar-refractivity contribution is 4.89. The molecule has 1 aliphatic heterocycles. The van der Waals surface area contributed by atoms with Gasteiger partial charge in [-0.05, 0) is 38.8 Å². The van der Waals surface area contributed by atoms with Gasteiger partial charge < -0.3 is 10.1 Å². The molecule has 3 heteroatoms. The minimum atomic E-state index is 0.468. The highest BCUT2D eigenvalue weighted by Crippen LogP contribution is 2.30. The van der Waals surface area contributed by atoms with Crippen LogP contribution in [0, 0.1) is 5.41 Å². The second-order valence-corrected chi connectivity index (χ2v) is 5.19. The number of ether oxygens (including phenoxy) is 1. The lowest BCUT2D eigenvalue weighted by Gasteiger charge is -2.28. The van der Waals surface area contributed by atoms with Crippen LogP contribution in [0.3, 0.4) is 0 Å². The molecule has 2 atom stereocenters. The first-order valence-electron chi connectivity index (χ1n) is 5.99. The Morgan fingerprint density at radius 2 is 2.27 bits per heavy atom. The van der Waals surface area contributed by atoms with Crippen molar-refractivity contribution in [2.24, 2.45) is 5.41 Å². The van der Waals surface area contributed by atoms with Gasteiger partial charge >= 0.3 is 0 Å². The number of rotatable bonds is 6. The van der Waals surface area contributed by atoms with Crippen LogP contribution in [0.15, 0.2) is 0 Å². The van der Waals surface area contributed by atoms with Crippen molar-refractivity contribution in [3.8, 4) is 0 Å². The molecule has 0 aromatic rings. The van der Waals surface area contributed by atoms with Gasteiger partial charge in [-0.25, -0.2) is 0 Å². The number of likely N-dealkylation sites (tertiary alicyclic amines) is 1. The first-order valence-corrected chi connectivity index (χ1v) is 5.99. The molecule has 0 radical (unpaired) electrons. The summed E-state index contributed by atoms with van der Waals surface area (Å²) < 4.78 is 5.13. The Morgan fingerprint density at radius 3 is 2.87 bits per heavy atom. The van der Waals surface area contributed by atoms with E-state index in [2.05, 4.69) is 24.1 Å². The van der Waals surface area contributed by atoms with E-state index >= 15 is 0 Å². The molecule has 1 heterocycles. The number of hydrogen-bond acceptors (Lipinski definition) is 3. The topological polar surface area (TPSA) is 24.5 Å². The summed E-state index contributed by atoms with van der Waals surface area (Å²) in [5.41, 5.74) is 0.468. The van der Waals surface area contributed by atoms with Gasteiger partial charge in [0.15, 0.2) is 0 Å². The van der Waals surface area contributed by atoms with E-state index in [4.69, 9.17) is 4.74 Å². The molecule has 90 valence electrons. The Kier molecular flexibility index (Phi) is 5.03. The molecular formula is C12H26N2O. The van der Waals surface area contributed by atoms with Gasteiger partial charge in [0.25, 0.3) is 0 Å². The van der Waals surface area contributed by atoms with E-state index in [9.17, 15) is 0 Å². The minimum Gasteiger partial charge on any atom is -0.385 e. The third kappa shape index (κ3) is 3.74. The van der Waals surface area contributed by atoms with Crippen molar-refractivity contribution < 1.29 is 4.74 Å². The van der Waals surface area contributed by atoms with Gasteiger partial charge in [0, 0.05) is 32.8 Å². The van der Waals surface area contributed by atoms with Crippen LogP contribution in [0.4, 0.5) is 0 Å². The Labute approximate surface area is 94.2 Å². The summed E-state index contributed by atoms with van der Waals surface area (Å²) in [6.45, 7) is 9.15. The summed E-state index contributed by atoms with van der Waals surface area (Å²) in [6, 6.07) is 0.656. The zero-order valence-electron chi connectivity index (χ0n) is 10.7. The van der Waals surface area contributed by atoms with Gasteiger partial charge in [-0.2, -0.15) is 0 Å². The fraction of sp³-hybridized carbons (Fsp3) is 1.00. The average Bonchev–Trinajstić information content (AvgIpc) is 2.58. The molecule has 1 aliphatic rings. The number of hydrogen-bond donors (Lipinski definition) is 1. The number of methoxy groups -OCH3 is 1. The third-order valence-corrected chi connectivity index (χ3v) is 3.55. The monoisotopic (exact) mass is 214 g/mol. The van der Waals surface area contributed by atoms with Crippen LogP contribution in [0.5, 0.6) is 0 Å². The van der Waals surface area contributed by atoms with Crippen LogP contribution in [-0.4, -0.2) is 51.3 Å². The minimum absolute atomic E-state index is 0.468. The summed E-state index contributed by atoms with van der Waals surface area (Å²) in [4.78, 5) is 2.59. The van der Waals surface area contributed by atoms with Crippen molar-refractivity contribution in [3.63, 3.8) is 0 Å². The largest absolute Gasteiger partial charge is 0.385 e. The standard InChI is InChI=1S/C12H26N2O/c1-11(5-8-15-4)14-7-6-12(2,10-14)9-13-3/h11,13H,5-10H2,1-4H3. The lowest BCUT2D eigenvalue weighted by molar-refractivity contribution is 0.145. The van der Waals surface area contributed by atoms with Gasteiger partial charge in [-0.3, -0.25) is 4.90 Å². The highest BCUT2D eigenvalue weighted by Gasteiger charge is 2.34. The van der Waals surface area contributed by atoms with Gasteiger partial charge in [0.2, 0.25) is 0 Å². The second kappa shape index (κ2) is 5.83. The molecule has 1 fully saturated rings. The SMILES string of the molecule is CNCC1(C)CCN(C(C)CCOC)C1. The van der Waals surface area contributed by atoms with Crippen molar-refractivity contribution in [1.82, 2.24) is 10.2 Å². The Balaban J connectivity index is 2.34. The van der Waals surface area contributed by atoms with Crippen molar-refractivity contribution in [2.45, 2.75) is 32.7 Å². The van der Waals surface area contributed by atoms with E-state index in [1.807, 2.05) is 7.05 Å². The molecule has 0 bridgehead atoms. The quantitative estimate of drug-likeness (QED) is 0.722. The van der Waals surface area contributed by atoms with E-state index < -0.39 is 0 Å². The van der Waals surface area contributed by atoms with Crippen LogP contribution in [0.2, 0.25) is 0 Å². The van der Waals surface area contributed by atoms with Crippen molar-refractivity contribution >= 4 is 0 Å². The first kappa shape index (κ1) is 12.9. The third-order valence-electron chi connectivity index (χ3n) is 3.55. The molecule has 0 saturated carbocycles. The van der Waals surface area contributed by atoms with Crippen LogP contribution in [0.1, 0.15) is 26.7 Å². The molecule has 2 unspecified atom stereocenters. The van der Waals surface area contributed by atoms with Crippen LogP contribution in [-0.2, 0) is 4.74 Å². The van der Waals surface area contributed by atoms with Gasteiger partial charge in [0.1, 0.15) is 0 Å². The van der Waals surface area contributed by atoms with Crippen LogP contribution >= 0.6 is 0 Å². The molecule has 1 rings (SSSR count). The lowest BCUT2D eigenvalue weighted by atomic mass is 9.90. The Hall–Kier alpha value is -0.120. The van der Waals surface area contributed by atoms with Crippen molar-refractivity contribution in [3.05, 3.63) is 0 Å². The molecule has 3 nitrogen and oxygen atoms in total. The normalized spacial score (nSPS) is 29.6. The summed E-state index contributed by atoms with van der Waals surface area (Å²) in [7, 11) is 3.82. The molecule has 15 heavy (non-hydrogen) atoms. The molecule has 1 N–H and O–H groups in total. The van der Waals surface area contributed by atoms with Crippen molar-refractivity contribution in [2.75, 3.05) is 40.4 Å². The number of nitrogens with zero attached hydrogens (tertiary/aromatic N) is 1. The summed E-state index contributed by atoms with van der Waals surface area (Å²) >= 11 is 0. The zero-order chi connectivity index (χ0) is 11.3. The smallest absolute Gasteiger partial charge is 0.0477 e. The van der Waals surface area contributed by atoms with E-state index in [1.165, 1.54) is 19.5 Å². The molecule has 0 amide bonds. The fourth-order valence-electron chi connectivity index (χ4n) is 2.48. The maximum atomic E-state index is 5.13. The molecule has 0 aliphatic carbocycles. The van der Waals surface area contributed by atoms with Gasteiger partial charge in [-0.1, -0.05) is 6.92 Å². The Morgan fingerprint density at radius 1 is 1.53 bits per heavy atom. The predicted molar refractivity (Wildman–Crippen MR) is 64.2 cm³/mol. The maximum Gasteiger partial charge on any atom is 0.0477 e. The fourth-order valence-corrected chi connectivity index (χ4v) is 2.48. The molecule has 1 saturated heterocycles. The lowest BCUT2D eigenvalue weighted by Crippen LogP contribution is -2.37. The van der Waals surface area contributed by atoms with Crippen LogP contribution < -0.4 is 5.32 Å². The maximum absolute atomic E-state index is 5.13. The molecule has 0 aromatic carbocycles. The van der Waals surface area contributed by atoms with E-state index in [0.717, 1.165) is 19.6 Å². The van der Waals surface area contributed by atoms with E-state index in [0.29, 0.717) is 11.5 Å². The average molecular weight is 214 g/mol. The first-order chi connectivity index (χ1) is 7.11. The second-order valence-electron chi connectivity index (χ2n) is 5.19. The summed E-state index contributed by atoms with van der Waals surface area (Å²) in [5.74, 6) is 0. The molecule has 0 spiro atoms. The van der Waals surface area contributed by atoms with Gasteiger partial charge in [-0.15, -0.1) is 0 Å². The highest BCUT2D eigenvalue weighted by atomic mass is 16.5. The van der Waals surface area contributed by atoms with Crippen molar-refractivity contribution in [1.29, 1.82) is 0 Å². The molecular weight excluding hydrogens is 188 g/mol. The molecule has 0 aromatic heterocycles. The number of nitrogens with one attached hydrogen (secondary N) is 1. The summed E-state index contributed by atoms with van der Waals surface area (Å²) in [5, 5.41) is 3.30. The predicted octanol–water partition coefficient (Wildman–Crippen LogP) is 1.34. The summed E-state index contributed by atoms with van der Waals surface area (Å²) in [6.07, 6.45) is 2.46. The van der Waals surface area contributed by atoms with Gasteiger partial charge in [0.05, 0.1) is 0 Å². The zero-order valence-corrected chi connectivity index (χ0v) is 10.7. The van der Waals surface area contributed by atoms with E-state index in [1.54, 1.807) is 7.11 Å². The Bertz CT molecular complexity index is 186. The van der Waals surface area contributed by atoms with E-state index in [-0.39, 0.29) is 0 Å².